The minimum absolute atomic E-state index is 0.0352. The van der Waals surface area contributed by atoms with E-state index in [0.29, 0.717) is 16.8 Å². The van der Waals surface area contributed by atoms with Gasteiger partial charge in [0.05, 0.1) is 15.5 Å². The Kier molecular flexibility index (Phi) is 4.67. The van der Waals surface area contributed by atoms with Crippen molar-refractivity contribution in [3.63, 3.8) is 0 Å². The SMILES string of the molecule is Cc1ccc(S(=O)(=O)NNc2c(C)cc([N+](=O)[O-])cc2C)cc1. The van der Waals surface area contributed by atoms with E-state index in [2.05, 4.69) is 10.3 Å². The van der Waals surface area contributed by atoms with Crippen LogP contribution in [0.3, 0.4) is 0 Å². The van der Waals surface area contributed by atoms with Crippen LogP contribution in [0.25, 0.3) is 0 Å². The molecule has 0 bridgehead atoms. The number of sulfonamides is 1. The van der Waals surface area contributed by atoms with Crippen LogP contribution in [0.4, 0.5) is 11.4 Å². The van der Waals surface area contributed by atoms with Gasteiger partial charge in [0, 0.05) is 12.1 Å². The van der Waals surface area contributed by atoms with Crippen molar-refractivity contribution >= 4 is 21.4 Å². The summed E-state index contributed by atoms with van der Waals surface area (Å²) in [6.45, 7) is 5.21. The molecule has 2 aromatic carbocycles. The summed E-state index contributed by atoms with van der Waals surface area (Å²) in [6.07, 6.45) is 0. The highest BCUT2D eigenvalue weighted by Crippen LogP contribution is 2.25. The molecular weight excluding hydrogens is 318 g/mol. The number of benzene rings is 2. The van der Waals surface area contributed by atoms with Gasteiger partial charge >= 0.3 is 0 Å². The fourth-order valence-corrected chi connectivity index (χ4v) is 2.99. The molecule has 0 heterocycles. The number of nitrogens with zero attached hydrogens (tertiary/aromatic N) is 1. The average molecular weight is 335 g/mol. The second-order valence-corrected chi connectivity index (χ2v) is 6.94. The number of hydrazine groups is 1. The number of nitrogens with one attached hydrogen (secondary N) is 2. The molecule has 0 saturated carbocycles. The van der Waals surface area contributed by atoms with E-state index >= 15 is 0 Å². The van der Waals surface area contributed by atoms with Crippen LogP contribution in [0, 0.1) is 30.9 Å². The first kappa shape index (κ1) is 16.9. The predicted molar refractivity (Wildman–Crippen MR) is 87.7 cm³/mol. The molecule has 0 saturated heterocycles. The third-order valence-electron chi connectivity index (χ3n) is 3.37. The van der Waals surface area contributed by atoms with Gasteiger partial charge in [0.1, 0.15) is 0 Å². The standard InChI is InChI=1S/C15H17N3O4S/c1-10-4-6-14(7-5-10)23(21,22)17-16-15-11(2)8-13(18(19)20)9-12(15)3/h4-9,16-17H,1-3H3. The lowest BCUT2D eigenvalue weighted by atomic mass is 10.1. The first-order chi connectivity index (χ1) is 10.7. The van der Waals surface area contributed by atoms with Crippen LogP contribution in [0.2, 0.25) is 0 Å². The molecule has 7 nitrogen and oxygen atoms in total. The van der Waals surface area contributed by atoms with Gasteiger partial charge in [0.15, 0.2) is 0 Å². The molecule has 0 spiro atoms. The lowest BCUT2D eigenvalue weighted by molar-refractivity contribution is -0.384. The first-order valence-electron chi connectivity index (χ1n) is 6.81. The van der Waals surface area contributed by atoms with E-state index in [1.165, 1.54) is 24.3 Å². The molecule has 0 aromatic heterocycles. The zero-order valence-corrected chi connectivity index (χ0v) is 13.8. The Bertz CT molecular complexity index is 823. The van der Waals surface area contributed by atoms with Gasteiger partial charge in [-0.3, -0.25) is 10.1 Å². The van der Waals surface area contributed by atoms with E-state index in [0.717, 1.165) is 5.56 Å². The smallest absolute Gasteiger partial charge is 0.270 e. The number of hydrogen-bond acceptors (Lipinski definition) is 5. The minimum Gasteiger partial charge on any atom is -0.307 e. The first-order valence-corrected chi connectivity index (χ1v) is 8.29. The zero-order chi connectivity index (χ0) is 17.2. The molecule has 8 heteroatoms. The third kappa shape index (κ3) is 3.85. The quantitative estimate of drug-likeness (QED) is 0.646. The third-order valence-corrected chi connectivity index (χ3v) is 4.63. The van der Waals surface area contributed by atoms with Gasteiger partial charge in [-0.05, 0) is 44.0 Å². The Balaban J connectivity index is 2.23. The Hall–Kier alpha value is -2.45. The van der Waals surface area contributed by atoms with E-state index in [4.69, 9.17) is 0 Å². The molecule has 0 aliphatic heterocycles. The number of nitro groups is 1. The lowest BCUT2D eigenvalue weighted by Gasteiger charge is -2.14. The van der Waals surface area contributed by atoms with Crippen LogP contribution in [-0.4, -0.2) is 13.3 Å². The van der Waals surface area contributed by atoms with Gasteiger partial charge < -0.3 is 5.43 Å². The van der Waals surface area contributed by atoms with Gasteiger partial charge in [-0.15, -0.1) is 4.83 Å². The highest BCUT2D eigenvalue weighted by molar-refractivity contribution is 7.89. The van der Waals surface area contributed by atoms with E-state index < -0.39 is 14.9 Å². The maximum absolute atomic E-state index is 12.2. The fourth-order valence-electron chi connectivity index (χ4n) is 2.14. The van der Waals surface area contributed by atoms with Crippen molar-refractivity contribution in [3.05, 3.63) is 63.2 Å². The molecule has 23 heavy (non-hydrogen) atoms. The van der Waals surface area contributed by atoms with Crippen LogP contribution in [0.15, 0.2) is 41.3 Å². The van der Waals surface area contributed by atoms with Crippen molar-refractivity contribution in [2.75, 3.05) is 5.43 Å². The molecule has 0 unspecified atom stereocenters. The second-order valence-electron chi connectivity index (χ2n) is 5.26. The summed E-state index contributed by atoms with van der Waals surface area (Å²) in [5.41, 5.74) is 5.20. The van der Waals surface area contributed by atoms with Gasteiger partial charge in [-0.1, -0.05) is 17.7 Å². The summed E-state index contributed by atoms with van der Waals surface area (Å²) in [6, 6.07) is 9.20. The fraction of sp³-hybridized carbons (Fsp3) is 0.200. The van der Waals surface area contributed by atoms with Crippen LogP contribution in [-0.2, 0) is 10.0 Å². The number of aryl methyl sites for hydroxylation is 3. The number of non-ortho nitro benzene ring substituents is 1. The molecular formula is C15H17N3O4S. The Morgan fingerprint density at radius 1 is 1.00 bits per heavy atom. The molecule has 0 atom stereocenters. The molecule has 2 N–H and O–H groups in total. The van der Waals surface area contributed by atoms with E-state index in [1.54, 1.807) is 26.0 Å². The summed E-state index contributed by atoms with van der Waals surface area (Å²) in [5.74, 6) is 0. The highest BCUT2D eigenvalue weighted by Gasteiger charge is 2.16. The molecule has 2 aromatic rings. The van der Waals surface area contributed by atoms with Crippen LogP contribution in [0.5, 0.6) is 0 Å². The van der Waals surface area contributed by atoms with Crippen LogP contribution in [0.1, 0.15) is 16.7 Å². The highest BCUT2D eigenvalue weighted by atomic mass is 32.2. The monoisotopic (exact) mass is 335 g/mol. The summed E-state index contributed by atoms with van der Waals surface area (Å²) >= 11 is 0. The molecule has 0 amide bonds. The van der Waals surface area contributed by atoms with E-state index in [-0.39, 0.29) is 10.6 Å². The summed E-state index contributed by atoms with van der Waals surface area (Å²) in [7, 11) is -3.73. The molecule has 0 aliphatic rings. The average Bonchev–Trinajstić information content (AvgIpc) is 2.46. The van der Waals surface area contributed by atoms with Crippen molar-refractivity contribution < 1.29 is 13.3 Å². The van der Waals surface area contributed by atoms with Crippen molar-refractivity contribution in [1.82, 2.24) is 4.83 Å². The lowest BCUT2D eigenvalue weighted by Crippen LogP contribution is -2.30. The molecule has 2 rings (SSSR count). The van der Waals surface area contributed by atoms with E-state index in [1.807, 2.05) is 6.92 Å². The van der Waals surface area contributed by atoms with E-state index in [9.17, 15) is 18.5 Å². The normalized spacial score (nSPS) is 11.3. The van der Waals surface area contributed by atoms with Crippen LogP contribution < -0.4 is 10.3 Å². The molecule has 0 aliphatic carbocycles. The minimum atomic E-state index is -3.73. The number of nitro benzene ring substituents is 1. The van der Waals surface area contributed by atoms with Crippen molar-refractivity contribution in [3.8, 4) is 0 Å². The number of anilines is 1. The summed E-state index contributed by atoms with van der Waals surface area (Å²) in [4.78, 5) is 12.8. The van der Waals surface area contributed by atoms with Crippen LogP contribution >= 0.6 is 0 Å². The predicted octanol–water partition coefficient (Wildman–Crippen LogP) is 2.83. The van der Waals surface area contributed by atoms with Gasteiger partial charge in [0.25, 0.3) is 15.7 Å². The Morgan fingerprint density at radius 2 is 1.52 bits per heavy atom. The Labute approximate surface area is 134 Å². The maximum Gasteiger partial charge on any atom is 0.270 e. The van der Waals surface area contributed by atoms with Crippen molar-refractivity contribution in [1.29, 1.82) is 0 Å². The van der Waals surface area contributed by atoms with Gasteiger partial charge in [0.2, 0.25) is 0 Å². The maximum atomic E-state index is 12.2. The number of hydrogen-bond donors (Lipinski definition) is 2. The topological polar surface area (TPSA) is 101 Å². The Morgan fingerprint density at radius 3 is 2.00 bits per heavy atom. The molecule has 0 radical (unpaired) electrons. The van der Waals surface area contributed by atoms with Gasteiger partial charge in [-0.25, -0.2) is 8.42 Å². The summed E-state index contributed by atoms with van der Waals surface area (Å²) in [5, 5.41) is 10.8. The van der Waals surface area contributed by atoms with Gasteiger partial charge in [-0.2, -0.15) is 0 Å². The second kappa shape index (κ2) is 6.35. The summed E-state index contributed by atoms with van der Waals surface area (Å²) < 4.78 is 24.5. The number of rotatable bonds is 5. The molecule has 122 valence electrons. The van der Waals surface area contributed by atoms with Crippen molar-refractivity contribution in [2.45, 2.75) is 25.7 Å². The largest absolute Gasteiger partial charge is 0.307 e. The van der Waals surface area contributed by atoms with Crippen molar-refractivity contribution in [2.24, 2.45) is 0 Å². The zero-order valence-electron chi connectivity index (χ0n) is 13.0. The molecule has 0 fully saturated rings.